The van der Waals surface area contributed by atoms with Crippen LogP contribution in [0.1, 0.15) is 35.1 Å². The van der Waals surface area contributed by atoms with Crippen LogP contribution in [0.5, 0.6) is 0 Å². The molecule has 1 fully saturated rings. The van der Waals surface area contributed by atoms with Gasteiger partial charge in [-0.2, -0.15) is 0 Å². The predicted molar refractivity (Wildman–Crippen MR) is 113 cm³/mol. The highest BCUT2D eigenvalue weighted by atomic mass is 32.2. The third-order valence-corrected chi connectivity index (χ3v) is 8.54. The molecule has 2 aromatic rings. The summed E-state index contributed by atoms with van der Waals surface area (Å²) in [6.45, 7) is 7.75. The quantitative estimate of drug-likeness (QED) is 0.815. The van der Waals surface area contributed by atoms with Gasteiger partial charge in [0.25, 0.3) is 10.0 Å². The fraction of sp³-hybridized carbons (Fsp3) is 0.400. The molecule has 3 rings (SSSR count). The van der Waals surface area contributed by atoms with Gasteiger partial charge in [-0.15, -0.1) is 0 Å². The van der Waals surface area contributed by atoms with Crippen molar-refractivity contribution < 1.29 is 16.8 Å². The minimum absolute atomic E-state index is 0.125. The Balaban J connectivity index is 1.98. The predicted octanol–water partition coefficient (Wildman–Crippen LogP) is 3.65. The molecule has 1 saturated heterocycles. The number of aryl methyl sites for hydroxylation is 4. The Kier molecular flexibility index (Phi) is 5.46. The van der Waals surface area contributed by atoms with Gasteiger partial charge < -0.3 is 0 Å². The molecule has 0 aromatic heterocycles. The zero-order valence-electron chi connectivity index (χ0n) is 16.6. The number of hydrogen-bond acceptors (Lipinski definition) is 4. The number of rotatable bonds is 4. The second-order valence-electron chi connectivity index (χ2n) is 7.40. The Morgan fingerprint density at radius 1 is 0.893 bits per heavy atom. The maximum Gasteiger partial charge on any atom is 0.262 e. The minimum atomic E-state index is -3.79. The zero-order chi connectivity index (χ0) is 20.7. The van der Waals surface area contributed by atoms with E-state index in [9.17, 15) is 16.8 Å². The van der Waals surface area contributed by atoms with Gasteiger partial charge >= 0.3 is 0 Å². The molecule has 0 amide bonds. The smallest absolute Gasteiger partial charge is 0.262 e. The summed E-state index contributed by atoms with van der Waals surface area (Å²) in [4.78, 5) is 0.154. The van der Waals surface area contributed by atoms with E-state index >= 15 is 0 Å². The lowest BCUT2D eigenvalue weighted by Crippen LogP contribution is -2.38. The van der Waals surface area contributed by atoms with Gasteiger partial charge in [0, 0.05) is 12.2 Å². The lowest BCUT2D eigenvalue weighted by molar-refractivity contribution is 0.574. The van der Waals surface area contributed by atoms with Crippen LogP contribution in [-0.2, 0) is 20.0 Å². The first-order chi connectivity index (χ1) is 13.0. The first-order valence-electron chi connectivity index (χ1n) is 9.23. The molecule has 28 heavy (non-hydrogen) atoms. The molecule has 0 aliphatic carbocycles. The number of benzene rings is 2. The van der Waals surface area contributed by atoms with E-state index in [-0.39, 0.29) is 10.6 Å². The van der Waals surface area contributed by atoms with Crippen molar-refractivity contribution >= 4 is 31.4 Å². The third-order valence-electron chi connectivity index (χ3n) is 5.16. The lowest BCUT2D eigenvalue weighted by Gasteiger charge is -2.30. The van der Waals surface area contributed by atoms with Gasteiger partial charge in [0.1, 0.15) is 0 Å². The van der Waals surface area contributed by atoms with Crippen molar-refractivity contribution in [3.05, 3.63) is 52.6 Å². The molecule has 0 unspecified atom stereocenters. The molecule has 6 nitrogen and oxygen atoms in total. The van der Waals surface area contributed by atoms with Crippen LogP contribution >= 0.6 is 0 Å². The largest absolute Gasteiger partial charge is 0.280 e. The third kappa shape index (κ3) is 4.03. The van der Waals surface area contributed by atoms with Crippen molar-refractivity contribution in [2.75, 3.05) is 21.3 Å². The van der Waals surface area contributed by atoms with Gasteiger partial charge in [0.15, 0.2) is 0 Å². The van der Waals surface area contributed by atoms with Crippen molar-refractivity contribution in [1.29, 1.82) is 0 Å². The normalized spacial score (nSPS) is 16.8. The summed E-state index contributed by atoms with van der Waals surface area (Å²) < 4.78 is 54.8. The zero-order valence-corrected chi connectivity index (χ0v) is 18.2. The van der Waals surface area contributed by atoms with Gasteiger partial charge in [-0.1, -0.05) is 6.07 Å². The van der Waals surface area contributed by atoms with Crippen molar-refractivity contribution in [1.82, 2.24) is 0 Å². The van der Waals surface area contributed by atoms with E-state index in [1.54, 1.807) is 38.1 Å². The van der Waals surface area contributed by atoms with E-state index in [2.05, 4.69) is 4.72 Å². The summed E-state index contributed by atoms with van der Waals surface area (Å²) in [5.41, 5.74) is 4.28. The maximum atomic E-state index is 12.9. The Hall–Kier alpha value is -2.06. The van der Waals surface area contributed by atoms with Crippen molar-refractivity contribution in [3.8, 4) is 0 Å². The fourth-order valence-corrected chi connectivity index (χ4v) is 6.46. The van der Waals surface area contributed by atoms with Crippen LogP contribution in [0.4, 0.5) is 11.4 Å². The van der Waals surface area contributed by atoms with Crippen molar-refractivity contribution in [3.63, 3.8) is 0 Å². The summed E-state index contributed by atoms with van der Waals surface area (Å²) >= 11 is 0. The van der Waals surface area contributed by atoms with Gasteiger partial charge in [-0.05, 0) is 87.1 Å². The molecule has 152 valence electrons. The van der Waals surface area contributed by atoms with Crippen LogP contribution < -0.4 is 9.03 Å². The SMILES string of the molecule is Cc1ccc(NS(=O)(=O)c2cc(C)c(N3CCCCS3(=O)=O)cc2C)cc1C. The molecule has 0 bridgehead atoms. The Morgan fingerprint density at radius 3 is 2.25 bits per heavy atom. The Labute approximate surface area is 167 Å². The monoisotopic (exact) mass is 422 g/mol. The molecule has 0 spiro atoms. The summed E-state index contributed by atoms with van der Waals surface area (Å²) in [5.74, 6) is 0.125. The van der Waals surface area contributed by atoms with E-state index in [1.807, 2.05) is 19.9 Å². The number of anilines is 2. The first-order valence-corrected chi connectivity index (χ1v) is 12.3. The van der Waals surface area contributed by atoms with Crippen LogP contribution in [0.2, 0.25) is 0 Å². The van der Waals surface area contributed by atoms with Crippen LogP contribution in [0, 0.1) is 27.7 Å². The Morgan fingerprint density at radius 2 is 1.61 bits per heavy atom. The molecule has 2 aromatic carbocycles. The maximum absolute atomic E-state index is 12.9. The van der Waals surface area contributed by atoms with Gasteiger partial charge in [-0.25, -0.2) is 16.8 Å². The van der Waals surface area contributed by atoms with Gasteiger partial charge in [0.05, 0.1) is 16.3 Å². The van der Waals surface area contributed by atoms with E-state index in [1.165, 1.54) is 4.31 Å². The highest BCUT2D eigenvalue weighted by Gasteiger charge is 2.28. The van der Waals surface area contributed by atoms with Crippen LogP contribution in [0.25, 0.3) is 0 Å². The second-order valence-corrected chi connectivity index (χ2v) is 11.1. The number of hydrogen-bond donors (Lipinski definition) is 1. The summed E-state index contributed by atoms with van der Waals surface area (Å²) in [7, 11) is -7.14. The average molecular weight is 423 g/mol. The summed E-state index contributed by atoms with van der Waals surface area (Å²) in [6, 6.07) is 8.61. The van der Waals surface area contributed by atoms with Crippen molar-refractivity contribution in [2.24, 2.45) is 0 Å². The topological polar surface area (TPSA) is 83.6 Å². The fourth-order valence-electron chi connectivity index (χ4n) is 3.41. The number of nitrogens with one attached hydrogen (secondary N) is 1. The molecule has 1 aliphatic rings. The summed E-state index contributed by atoms with van der Waals surface area (Å²) in [6.07, 6.45) is 1.45. The molecule has 1 aliphatic heterocycles. The second kappa shape index (κ2) is 7.40. The lowest BCUT2D eigenvalue weighted by atomic mass is 10.1. The molecule has 8 heteroatoms. The summed E-state index contributed by atoms with van der Waals surface area (Å²) in [5, 5.41) is 0. The van der Waals surface area contributed by atoms with Crippen molar-refractivity contribution in [2.45, 2.75) is 45.4 Å². The van der Waals surface area contributed by atoms with E-state index in [0.717, 1.165) is 17.5 Å². The Bertz CT molecular complexity index is 1120. The van der Waals surface area contributed by atoms with E-state index in [0.29, 0.717) is 35.5 Å². The van der Waals surface area contributed by atoms with Gasteiger partial charge in [0.2, 0.25) is 10.0 Å². The molecule has 0 atom stereocenters. The van der Waals surface area contributed by atoms with E-state index in [4.69, 9.17) is 0 Å². The van der Waals surface area contributed by atoms with Crippen LogP contribution in [-0.4, -0.2) is 29.1 Å². The number of nitrogens with zero attached hydrogens (tertiary/aromatic N) is 1. The standard InChI is InChI=1S/C20H26N2O4S2/c1-14-7-8-18(11-15(14)2)21-28(25,26)20-13-16(3)19(12-17(20)4)22-9-5-6-10-27(22,23)24/h7-8,11-13,21H,5-6,9-10H2,1-4H3. The first kappa shape index (κ1) is 20.7. The molecule has 1 heterocycles. The van der Waals surface area contributed by atoms with Crippen LogP contribution in [0.15, 0.2) is 35.2 Å². The van der Waals surface area contributed by atoms with Crippen LogP contribution in [0.3, 0.4) is 0 Å². The highest BCUT2D eigenvalue weighted by molar-refractivity contribution is 7.93. The molecular formula is C20H26N2O4S2. The molecular weight excluding hydrogens is 396 g/mol. The molecule has 0 radical (unpaired) electrons. The highest BCUT2D eigenvalue weighted by Crippen LogP contribution is 2.32. The average Bonchev–Trinajstić information content (AvgIpc) is 2.59. The molecule has 1 N–H and O–H groups in total. The number of sulfonamides is 2. The molecule has 0 saturated carbocycles. The van der Waals surface area contributed by atoms with E-state index < -0.39 is 20.0 Å². The van der Waals surface area contributed by atoms with Gasteiger partial charge in [-0.3, -0.25) is 9.03 Å². The minimum Gasteiger partial charge on any atom is -0.280 e.